The van der Waals surface area contributed by atoms with Gasteiger partial charge in [-0.2, -0.15) is 0 Å². The largest absolute Gasteiger partial charge is 0.370 e. The predicted molar refractivity (Wildman–Crippen MR) is 87.5 cm³/mol. The first-order valence-electron chi connectivity index (χ1n) is 7.50. The lowest BCUT2D eigenvalue weighted by Gasteiger charge is -2.27. The van der Waals surface area contributed by atoms with Crippen LogP contribution in [0.2, 0.25) is 5.02 Å². The molecule has 0 saturated carbocycles. The minimum absolute atomic E-state index is 0.0400. The standard InChI is InChI=1S/C15H19ClN2O3S/c16-13-11-12(3-4-14(13)17-5-1-2-6-17)15(19)18-7-9-22(20,21)10-8-18/h3-4,11H,1-2,5-10H2. The average Bonchev–Trinajstić information content (AvgIpc) is 3.00. The Bertz CT molecular complexity index is 670. The molecule has 2 saturated heterocycles. The van der Waals surface area contributed by atoms with Gasteiger partial charge in [-0.25, -0.2) is 8.42 Å². The molecule has 0 spiro atoms. The first kappa shape index (κ1) is 15.6. The summed E-state index contributed by atoms with van der Waals surface area (Å²) in [5.74, 6) is -0.0683. The van der Waals surface area contributed by atoms with Crippen molar-refractivity contribution in [2.24, 2.45) is 0 Å². The maximum atomic E-state index is 12.5. The van der Waals surface area contributed by atoms with Gasteiger partial charge in [-0.15, -0.1) is 0 Å². The van der Waals surface area contributed by atoms with Crippen LogP contribution in [0.3, 0.4) is 0 Å². The summed E-state index contributed by atoms with van der Waals surface area (Å²) in [6.45, 7) is 2.51. The number of benzene rings is 1. The van der Waals surface area contributed by atoms with Crippen LogP contribution in [-0.4, -0.2) is 56.9 Å². The van der Waals surface area contributed by atoms with E-state index in [2.05, 4.69) is 4.90 Å². The number of carbonyl (C=O) groups excluding carboxylic acids is 1. The summed E-state index contributed by atoms with van der Waals surface area (Å²) >= 11 is 6.33. The van der Waals surface area contributed by atoms with Crippen LogP contribution >= 0.6 is 11.6 Å². The molecule has 0 N–H and O–H groups in total. The van der Waals surface area contributed by atoms with Crippen molar-refractivity contribution >= 4 is 33.0 Å². The fraction of sp³-hybridized carbons (Fsp3) is 0.533. The topological polar surface area (TPSA) is 57.7 Å². The zero-order valence-corrected chi connectivity index (χ0v) is 13.9. The average molecular weight is 343 g/mol. The van der Waals surface area contributed by atoms with Gasteiger partial charge in [0, 0.05) is 31.7 Å². The normalized spacial score (nSPS) is 21.1. The summed E-state index contributed by atoms with van der Waals surface area (Å²) in [4.78, 5) is 16.3. The van der Waals surface area contributed by atoms with E-state index in [1.54, 1.807) is 17.0 Å². The second kappa shape index (κ2) is 6.08. The van der Waals surface area contributed by atoms with Gasteiger partial charge in [0.05, 0.1) is 22.2 Å². The lowest BCUT2D eigenvalue weighted by atomic mass is 10.1. The Morgan fingerprint density at radius 2 is 1.68 bits per heavy atom. The third-order valence-corrected chi connectivity index (χ3v) is 6.18. The van der Waals surface area contributed by atoms with Crippen LogP contribution in [0.15, 0.2) is 18.2 Å². The van der Waals surface area contributed by atoms with Crippen molar-refractivity contribution in [1.82, 2.24) is 4.90 Å². The Kier molecular flexibility index (Phi) is 4.32. The fourth-order valence-electron chi connectivity index (χ4n) is 2.95. The lowest BCUT2D eigenvalue weighted by molar-refractivity contribution is 0.0770. The predicted octanol–water partition coefficient (Wildman–Crippen LogP) is 1.81. The molecule has 2 fully saturated rings. The molecule has 2 aliphatic rings. The molecule has 2 heterocycles. The molecule has 0 bridgehead atoms. The van der Waals surface area contributed by atoms with E-state index in [9.17, 15) is 13.2 Å². The quantitative estimate of drug-likeness (QED) is 0.822. The number of rotatable bonds is 2. The fourth-order valence-corrected chi connectivity index (χ4v) is 4.45. The Morgan fingerprint density at radius 3 is 2.27 bits per heavy atom. The third-order valence-electron chi connectivity index (χ3n) is 4.27. The van der Waals surface area contributed by atoms with E-state index >= 15 is 0 Å². The van der Waals surface area contributed by atoms with Crippen LogP contribution < -0.4 is 4.90 Å². The van der Waals surface area contributed by atoms with Gasteiger partial charge in [0.25, 0.3) is 5.91 Å². The first-order chi connectivity index (χ1) is 10.5. The van der Waals surface area contributed by atoms with Gasteiger partial charge in [0.2, 0.25) is 0 Å². The van der Waals surface area contributed by atoms with Gasteiger partial charge in [-0.3, -0.25) is 4.79 Å². The Hall–Kier alpha value is -1.27. The second-order valence-electron chi connectivity index (χ2n) is 5.80. The van der Waals surface area contributed by atoms with Crippen molar-refractivity contribution < 1.29 is 13.2 Å². The SMILES string of the molecule is O=C(c1ccc(N2CCCC2)c(Cl)c1)N1CCS(=O)(=O)CC1. The third kappa shape index (κ3) is 3.22. The summed E-state index contributed by atoms with van der Waals surface area (Å²) < 4.78 is 22.9. The summed E-state index contributed by atoms with van der Waals surface area (Å²) in [5.41, 5.74) is 1.49. The van der Waals surface area contributed by atoms with E-state index in [1.807, 2.05) is 6.07 Å². The number of anilines is 1. The van der Waals surface area contributed by atoms with Gasteiger partial charge in [-0.1, -0.05) is 11.6 Å². The number of hydrogen-bond donors (Lipinski definition) is 0. The first-order valence-corrected chi connectivity index (χ1v) is 9.70. The van der Waals surface area contributed by atoms with Crippen molar-refractivity contribution in [1.29, 1.82) is 0 Å². The van der Waals surface area contributed by atoms with E-state index in [4.69, 9.17) is 11.6 Å². The minimum atomic E-state index is -2.98. The van der Waals surface area contributed by atoms with Crippen LogP contribution in [-0.2, 0) is 9.84 Å². The number of amides is 1. The van der Waals surface area contributed by atoms with E-state index in [0.717, 1.165) is 18.8 Å². The van der Waals surface area contributed by atoms with Crippen molar-refractivity contribution in [3.63, 3.8) is 0 Å². The smallest absolute Gasteiger partial charge is 0.253 e. The van der Waals surface area contributed by atoms with Gasteiger partial charge < -0.3 is 9.80 Å². The van der Waals surface area contributed by atoms with Crippen LogP contribution in [0, 0.1) is 0 Å². The molecule has 0 aromatic heterocycles. The van der Waals surface area contributed by atoms with Crippen LogP contribution in [0.1, 0.15) is 23.2 Å². The van der Waals surface area contributed by atoms with Gasteiger partial charge >= 0.3 is 0 Å². The number of nitrogens with zero attached hydrogens (tertiary/aromatic N) is 2. The number of hydrogen-bond acceptors (Lipinski definition) is 4. The van der Waals surface area contributed by atoms with Crippen molar-refractivity contribution in [3.8, 4) is 0 Å². The molecule has 1 aromatic carbocycles. The monoisotopic (exact) mass is 342 g/mol. The van der Waals surface area contributed by atoms with Crippen LogP contribution in [0.25, 0.3) is 0 Å². The molecule has 0 atom stereocenters. The molecule has 3 rings (SSSR count). The zero-order valence-electron chi connectivity index (χ0n) is 12.3. The van der Waals surface area contributed by atoms with Crippen LogP contribution in [0.4, 0.5) is 5.69 Å². The second-order valence-corrected chi connectivity index (χ2v) is 8.52. The highest BCUT2D eigenvalue weighted by Gasteiger charge is 2.26. The highest BCUT2D eigenvalue weighted by atomic mass is 35.5. The van der Waals surface area contributed by atoms with Crippen LogP contribution in [0.5, 0.6) is 0 Å². The molecule has 120 valence electrons. The molecule has 2 aliphatic heterocycles. The molecule has 0 radical (unpaired) electrons. The maximum Gasteiger partial charge on any atom is 0.253 e. The maximum absolute atomic E-state index is 12.5. The van der Waals surface area contributed by atoms with Gasteiger partial charge in [-0.05, 0) is 31.0 Å². The minimum Gasteiger partial charge on any atom is -0.370 e. The Morgan fingerprint density at radius 1 is 1.05 bits per heavy atom. The summed E-state index contributed by atoms with van der Waals surface area (Å²) in [7, 11) is -2.98. The Labute approximate surface area is 135 Å². The number of sulfone groups is 1. The van der Waals surface area contributed by atoms with Crippen molar-refractivity contribution in [3.05, 3.63) is 28.8 Å². The van der Waals surface area contributed by atoms with E-state index in [1.165, 1.54) is 12.8 Å². The highest BCUT2D eigenvalue weighted by molar-refractivity contribution is 7.91. The molecule has 0 aliphatic carbocycles. The number of halogens is 1. The molecule has 0 unspecified atom stereocenters. The zero-order chi connectivity index (χ0) is 15.7. The number of carbonyl (C=O) groups is 1. The van der Waals surface area contributed by atoms with Gasteiger partial charge in [0.15, 0.2) is 9.84 Å². The molecule has 1 amide bonds. The molecule has 7 heteroatoms. The highest BCUT2D eigenvalue weighted by Crippen LogP contribution is 2.30. The molecule has 1 aromatic rings. The van der Waals surface area contributed by atoms with Crippen molar-refractivity contribution in [2.45, 2.75) is 12.8 Å². The lowest BCUT2D eigenvalue weighted by Crippen LogP contribution is -2.43. The molecule has 22 heavy (non-hydrogen) atoms. The van der Waals surface area contributed by atoms with Gasteiger partial charge in [0.1, 0.15) is 0 Å². The molecular weight excluding hydrogens is 324 g/mol. The summed E-state index contributed by atoms with van der Waals surface area (Å²) in [6, 6.07) is 5.37. The summed E-state index contributed by atoms with van der Waals surface area (Å²) in [6.07, 6.45) is 2.33. The molecule has 5 nitrogen and oxygen atoms in total. The Balaban J connectivity index is 1.74. The summed E-state index contributed by atoms with van der Waals surface area (Å²) in [5, 5.41) is 0.581. The van der Waals surface area contributed by atoms with E-state index < -0.39 is 9.84 Å². The van der Waals surface area contributed by atoms with E-state index in [0.29, 0.717) is 10.6 Å². The van der Waals surface area contributed by atoms with Crippen molar-refractivity contribution in [2.75, 3.05) is 42.6 Å². The molecular formula is C15H19ClN2O3S. The van der Waals surface area contributed by atoms with E-state index in [-0.39, 0.29) is 30.5 Å².